The second-order valence-corrected chi connectivity index (χ2v) is 9.66. The van der Waals surface area contributed by atoms with Crippen LogP contribution in [0.1, 0.15) is 162 Å². The minimum Gasteiger partial charge on any atom is -0.466 e. The lowest BCUT2D eigenvalue weighted by molar-refractivity contribution is -0.146. The minimum atomic E-state index is -0.131. The van der Waals surface area contributed by atoms with Gasteiger partial charge in [-0.25, -0.2) is 0 Å². The molecule has 0 saturated carbocycles. The van der Waals surface area contributed by atoms with Crippen molar-refractivity contribution in [3.05, 3.63) is 0 Å². The largest absolute Gasteiger partial charge is 0.466 e. The Bertz CT molecular complexity index is 422. The van der Waals surface area contributed by atoms with Gasteiger partial charge in [-0.1, -0.05) is 123 Å². The topological polar surface area (TPSA) is 52.6 Å². The molecule has 0 unspecified atom stereocenters. The first kappa shape index (κ1) is 31.9. The molecule has 0 aromatic carbocycles. The van der Waals surface area contributed by atoms with Gasteiger partial charge in [0.2, 0.25) is 0 Å². The summed E-state index contributed by atoms with van der Waals surface area (Å²) >= 11 is 0. The van der Waals surface area contributed by atoms with Gasteiger partial charge < -0.3 is 9.47 Å². The number of unbranched alkanes of at least 4 members (excludes halogenated alkanes) is 18. The van der Waals surface area contributed by atoms with Crippen molar-refractivity contribution in [3.63, 3.8) is 0 Å². The second-order valence-electron chi connectivity index (χ2n) is 9.66. The van der Waals surface area contributed by atoms with Crippen molar-refractivity contribution in [1.29, 1.82) is 0 Å². The van der Waals surface area contributed by atoms with Gasteiger partial charge in [0.25, 0.3) is 0 Å². The lowest BCUT2D eigenvalue weighted by atomic mass is 10.1. The molecule has 0 atom stereocenters. The summed E-state index contributed by atoms with van der Waals surface area (Å²) in [5.41, 5.74) is 0. The van der Waals surface area contributed by atoms with Gasteiger partial charge in [0.15, 0.2) is 0 Å². The summed E-state index contributed by atoms with van der Waals surface area (Å²) < 4.78 is 10.6. The Balaban J connectivity index is 3.28. The highest BCUT2D eigenvalue weighted by Crippen LogP contribution is 2.12. The molecule has 0 bridgehead atoms. The molecule has 0 fully saturated rings. The zero-order chi connectivity index (χ0) is 24.2. The Kier molecular flexibility index (Phi) is 26.3. The molecule has 0 aromatic rings. The quantitative estimate of drug-likeness (QED) is 0.0938. The van der Waals surface area contributed by atoms with E-state index in [2.05, 4.69) is 13.8 Å². The van der Waals surface area contributed by atoms with Crippen LogP contribution < -0.4 is 0 Å². The fraction of sp³-hybridized carbons (Fsp3) is 0.931. The van der Waals surface area contributed by atoms with E-state index in [-0.39, 0.29) is 11.9 Å². The van der Waals surface area contributed by atoms with E-state index in [1.807, 2.05) is 0 Å². The van der Waals surface area contributed by atoms with Gasteiger partial charge in [-0.2, -0.15) is 0 Å². The van der Waals surface area contributed by atoms with E-state index in [4.69, 9.17) is 9.47 Å². The third-order valence-corrected chi connectivity index (χ3v) is 6.28. The SMILES string of the molecule is CCCCCCCCCCCCOC(=O)CCCCC(=O)OCCCCCCCCCCC. The molecule has 0 radical (unpaired) electrons. The molecule has 0 aromatic heterocycles. The van der Waals surface area contributed by atoms with Crippen molar-refractivity contribution in [2.24, 2.45) is 0 Å². The third-order valence-electron chi connectivity index (χ3n) is 6.28. The predicted molar refractivity (Wildman–Crippen MR) is 139 cm³/mol. The second kappa shape index (κ2) is 27.2. The van der Waals surface area contributed by atoms with Crippen LogP contribution in [0.15, 0.2) is 0 Å². The Labute approximate surface area is 206 Å². The van der Waals surface area contributed by atoms with Gasteiger partial charge in [0.05, 0.1) is 13.2 Å². The number of ether oxygens (including phenoxy) is 2. The molecule has 4 nitrogen and oxygen atoms in total. The predicted octanol–water partition coefficient (Wildman–Crippen LogP) is 9.08. The van der Waals surface area contributed by atoms with E-state index in [9.17, 15) is 9.59 Å². The summed E-state index contributed by atoms with van der Waals surface area (Å²) in [5, 5.41) is 0. The molecule has 0 aliphatic heterocycles. The van der Waals surface area contributed by atoms with Gasteiger partial charge in [0.1, 0.15) is 0 Å². The monoisotopic (exact) mass is 468 g/mol. The molecule has 0 aliphatic carbocycles. The first-order chi connectivity index (χ1) is 16.2. The van der Waals surface area contributed by atoms with Crippen molar-refractivity contribution in [3.8, 4) is 0 Å². The standard InChI is InChI=1S/C29H56O4/c1-3-5-7-9-11-13-15-17-19-23-27-33-29(31)25-21-20-24-28(30)32-26-22-18-16-14-12-10-8-6-4-2/h3-27H2,1-2H3. The first-order valence-corrected chi connectivity index (χ1v) is 14.5. The summed E-state index contributed by atoms with van der Waals surface area (Å²) in [4.78, 5) is 23.5. The fourth-order valence-corrected chi connectivity index (χ4v) is 4.06. The molecular formula is C29H56O4. The van der Waals surface area contributed by atoms with E-state index in [1.165, 1.54) is 96.3 Å². The summed E-state index contributed by atoms with van der Waals surface area (Å²) in [6.07, 6.45) is 26.4. The van der Waals surface area contributed by atoms with Crippen LogP contribution in [0.4, 0.5) is 0 Å². The highest BCUT2D eigenvalue weighted by molar-refractivity contribution is 5.70. The van der Waals surface area contributed by atoms with E-state index in [1.54, 1.807) is 0 Å². The van der Waals surface area contributed by atoms with Crippen LogP contribution in [0, 0.1) is 0 Å². The van der Waals surface area contributed by atoms with E-state index >= 15 is 0 Å². The van der Waals surface area contributed by atoms with Gasteiger partial charge >= 0.3 is 11.9 Å². The highest BCUT2D eigenvalue weighted by Gasteiger charge is 2.06. The van der Waals surface area contributed by atoms with Crippen molar-refractivity contribution < 1.29 is 19.1 Å². The smallest absolute Gasteiger partial charge is 0.305 e. The average Bonchev–Trinajstić information content (AvgIpc) is 2.81. The van der Waals surface area contributed by atoms with Gasteiger partial charge in [-0.15, -0.1) is 0 Å². The Morgan fingerprint density at radius 1 is 0.394 bits per heavy atom. The Morgan fingerprint density at radius 2 is 0.667 bits per heavy atom. The van der Waals surface area contributed by atoms with Crippen molar-refractivity contribution in [2.45, 2.75) is 162 Å². The van der Waals surface area contributed by atoms with Crippen molar-refractivity contribution in [1.82, 2.24) is 0 Å². The summed E-state index contributed by atoms with van der Waals surface area (Å²) in [6, 6.07) is 0. The fourth-order valence-electron chi connectivity index (χ4n) is 4.06. The van der Waals surface area contributed by atoms with Crippen LogP contribution in [0.3, 0.4) is 0 Å². The van der Waals surface area contributed by atoms with Crippen LogP contribution in [-0.4, -0.2) is 25.2 Å². The van der Waals surface area contributed by atoms with Crippen molar-refractivity contribution in [2.75, 3.05) is 13.2 Å². The lowest BCUT2D eigenvalue weighted by Crippen LogP contribution is -2.08. The number of hydrogen-bond acceptors (Lipinski definition) is 4. The van der Waals surface area contributed by atoms with Crippen LogP contribution in [0.25, 0.3) is 0 Å². The summed E-state index contributed by atoms with van der Waals surface area (Å²) in [5.74, 6) is -0.262. The minimum absolute atomic E-state index is 0.131. The molecule has 33 heavy (non-hydrogen) atoms. The molecule has 196 valence electrons. The maximum absolute atomic E-state index is 11.8. The maximum Gasteiger partial charge on any atom is 0.305 e. The molecule has 0 spiro atoms. The average molecular weight is 469 g/mol. The molecule has 0 rings (SSSR count). The number of carbonyl (C=O) groups excluding carboxylic acids is 2. The summed E-state index contributed by atoms with van der Waals surface area (Å²) in [6.45, 7) is 5.57. The Hall–Kier alpha value is -1.06. The van der Waals surface area contributed by atoms with E-state index in [0.717, 1.165) is 25.7 Å². The first-order valence-electron chi connectivity index (χ1n) is 14.5. The maximum atomic E-state index is 11.8. The number of carbonyl (C=O) groups is 2. The third kappa shape index (κ3) is 27.1. The van der Waals surface area contributed by atoms with Crippen LogP contribution >= 0.6 is 0 Å². The summed E-state index contributed by atoms with van der Waals surface area (Å²) in [7, 11) is 0. The molecule has 0 saturated heterocycles. The molecule has 4 heteroatoms. The van der Waals surface area contributed by atoms with Gasteiger partial charge in [-0.05, 0) is 25.7 Å². The normalized spacial score (nSPS) is 11.0. The highest BCUT2D eigenvalue weighted by atomic mass is 16.5. The molecule has 0 heterocycles. The molecular weight excluding hydrogens is 412 g/mol. The van der Waals surface area contributed by atoms with Crippen LogP contribution in [0.2, 0.25) is 0 Å². The molecule has 0 aliphatic rings. The molecule has 0 N–H and O–H groups in total. The lowest BCUT2D eigenvalue weighted by Gasteiger charge is -2.06. The van der Waals surface area contributed by atoms with Gasteiger partial charge in [-0.3, -0.25) is 9.59 Å². The molecule has 0 amide bonds. The Morgan fingerprint density at radius 3 is 0.970 bits per heavy atom. The van der Waals surface area contributed by atoms with E-state index in [0.29, 0.717) is 38.9 Å². The zero-order valence-electron chi connectivity index (χ0n) is 22.3. The van der Waals surface area contributed by atoms with Gasteiger partial charge in [0, 0.05) is 12.8 Å². The van der Waals surface area contributed by atoms with Crippen LogP contribution in [-0.2, 0) is 19.1 Å². The number of hydrogen-bond donors (Lipinski definition) is 0. The van der Waals surface area contributed by atoms with E-state index < -0.39 is 0 Å². The number of esters is 2. The zero-order valence-corrected chi connectivity index (χ0v) is 22.3. The van der Waals surface area contributed by atoms with Crippen molar-refractivity contribution >= 4 is 11.9 Å². The van der Waals surface area contributed by atoms with Crippen LogP contribution in [0.5, 0.6) is 0 Å². The number of rotatable bonds is 26.